The molecule has 1 aromatic rings. The van der Waals surface area contributed by atoms with Crippen molar-refractivity contribution < 1.29 is 4.79 Å². The minimum atomic E-state index is -0.268. The number of hydrogen-bond acceptors (Lipinski definition) is 2. The molecule has 0 saturated carbocycles. The van der Waals surface area contributed by atoms with E-state index in [-0.39, 0.29) is 23.9 Å². The van der Waals surface area contributed by atoms with Crippen LogP contribution in [0.1, 0.15) is 37.4 Å². The number of amides is 1. The van der Waals surface area contributed by atoms with Crippen LogP contribution >= 0.6 is 15.9 Å². The second-order valence-corrected chi connectivity index (χ2v) is 6.14. The molecule has 2 unspecified atom stereocenters. The maximum absolute atomic E-state index is 11.4. The molecule has 1 aromatic carbocycles. The molecule has 2 rings (SSSR count). The standard InChI is InChI=1S/C14H19BrN2O/c1-8(2)13(14(16)18)17-12-6-3-9-7-10(15)4-5-11(9)12/h4-5,7-8,12-13,17H,3,6H2,1-2H3,(H2,16,18). The molecule has 0 heterocycles. The highest BCUT2D eigenvalue weighted by atomic mass is 79.9. The number of nitrogens with two attached hydrogens (primary N) is 1. The lowest BCUT2D eigenvalue weighted by Gasteiger charge is -2.24. The Morgan fingerprint density at radius 1 is 1.50 bits per heavy atom. The van der Waals surface area contributed by atoms with Gasteiger partial charge in [-0.05, 0) is 42.0 Å². The summed E-state index contributed by atoms with van der Waals surface area (Å²) in [6.45, 7) is 4.03. The maximum atomic E-state index is 11.4. The summed E-state index contributed by atoms with van der Waals surface area (Å²) in [5.41, 5.74) is 8.10. The Balaban J connectivity index is 2.16. The molecule has 0 fully saturated rings. The summed E-state index contributed by atoms with van der Waals surface area (Å²) in [5, 5.41) is 3.40. The fourth-order valence-electron chi connectivity index (χ4n) is 2.58. The van der Waals surface area contributed by atoms with E-state index in [9.17, 15) is 4.79 Å². The van der Waals surface area contributed by atoms with Crippen molar-refractivity contribution in [1.82, 2.24) is 5.32 Å². The molecule has 3 N–H and O–H groups in total. The summed E-state index contributed by atoms with van der Waals surface area (Å²) in [6.07, 6.45) is 2.08. The van der Waals surface area contributed by atoms with E-state index in [1.807, 2.05) is 19.9 Å². The number of halogens is 1. The van der Waals surface area contributed by atoms with E-state index in [1.165, 1.54) is 11.1 Å². The van der Waals surface area contributed by atoms with Crippen molar-refractivity contribution >= 4 is 21.8 Å². The Morgan fingerprint density at radius 2 is 2.22 bits per heavy atom. The highest BCUT2D eigenvalue weighted by molar-refractivity contribution is 9.10. The average Bonchev–Trinajstić information content (AvgIpc) is 2.67. The van der Waals surface area contributed by atoms with E-state index in [2.05, 4.69) is 33.4 Å². The lowest BCUT2D eigenvalue weighted by molar-refractivity contribution is -0.121. The number of hydrogen-bond donors (Lipinski definition) is 2. The molecular weight excluding hydrogens is 292 g/mol. The summed E-state index contributed by atoms with van der Waals surface area (Å²) in [6, 6.07) is 6.32. The average molecular weight is 311 g/mol. The van der Waals surface area contributed by atoms with Crippen LogP contribution in [0.2, 0.25) is 0 Å². The number of rotatable bonds is 4. The zero-order chi connectivity index (χ0) is 13.3. The monoisotopic (exact) mass is 310 g/mol. The molecule has 0 saturated heterocycles. The number of primary amides is 1. The molecule has 1 aliphatic carbocycles. The van der Waals surface area contributed by atoms with Gasteiger partial charge >= 0.3 is 0 Å². The van der Waals surface area contributed by atoms with Crippen molar-refractivity contribution in [2.24, 2.45) is 11.7 Å². The molecule has 4 heteroatoms. The first-order valence-corrected chi connectivity index (χ1v) is 7.12. The summed E-state index contributed by atoms with van der Waals surface area (Å²) < 4.78 is 1.11. The molecule has 3 nitrogen and oxygen atoms in total. The predicted molar refractivity (Wildman–Crippen MR) is 76.2 cm³/mol. The van der Waals surface area contributed by atoms with Crippen LogP contribution in [-0.4, -0.2) is 11.9 Å². The number of nitrogens with one attached hydrogen (secondary N) is 1. The van der Waals surface area contributed by atoms with Crippen molar-refractivity contribution in [2.45, 2.75) is 38.8 Å². The van der Waals surface area contributed by atoms with Crippen molar-refractivity contribution in [2.75, 3.05) is 0 Å². The topological polar surface area (TPSA) is 55.1 Å². The molecule has 1 aliphatic rings. The Kier molecular flexibility index (Phi) is 4.07. The van der Waals surface area contributed by atoms with E-state index in [0.29, 0.717) is 0 Å². The van der Waals surface area contributed by atoms with Gasteiger partial charge in [0.25, 0.3) is 0 Å². The Labute approximate surface area is 116 Å². The third-order valence-corrected chi connectivity index (χ3v) is 4.03. The van der Waals surface area contributed by atoms with Crippen LogP contribution in [0, 0.1) is 5.92 Å². The number of carbonyl (C=O) groups is 1. The van der Waals surface area contributed by atoms with Crippen LogP contribution in [0.4, 0.5) is 0 Å². The van der Waals surface area contributed by atoms with Crippen LogP contribution in [0.5, 0.6) is 0 Å². The summed E-state index contributed by atoms with van der Waals surface area (Å²) in [4.78, 5) is 11.4. The van der Waals surface area contributed by atoms with Gasteiger partial charge < -0.3 is 5.73 Å². The number of fused-ring (bicyclic) bond motifs is 1. The van der Waals surface area contributed by atoms with Gasteiger partial charge in [0.15, 0.2) is 0 Å². The molecule has 0 radical (unpaired) electrons. The van der Waals surface area contributed by atoms with E-state index >= 15 is 0 Å². The largest absolute Gasteiger partial charge is 0.368 e. The fourth-order valence-corrected chi connectivity index (χ4v) is 2.99. The van der Waals surface area contributed by atoms with Gasteiger partial charge in [0.05, 0.1) is 6.04 Å². The van der Waals surface area contributed by atoms with Crippen molar-refractivity contribution in [1.29, 1.82) is 0 Å². The van der Waals surface area contributed by atoms with Gasteiger partial charge in [0, 0.05) is 10.5 Å². The second kappa shape index (κ2) is 5.41. The van der Waals surface area contributed by atoms with Crippen LogP contribution in [0.3, 0.4) is 0 Å². The van der Waals surface area contributed by atoms with Gasteiger partial charge in [0.1, 0.15) is 0 Å². The van der Waals surface area contributed by atoms with Gasteiger partial charge in [-0.15, -0.1) is 0 Å². The second-order valence-electron chi connectivity index (χ2n) is 5.23. The lowest BCUT2D eigenvalue weighted by atomic mass is 10.0. The highest BCUT2D eigenvalue weighted by Crippen LogP contribution is 2.33. The summed E-state index contributed by atoms with van der Waals surface area (Å²) >= 11 is 3.49. The quantitative estimate of drug-likeness (QED) is 0.898. The predicted octanol–water partition coefficient (Wildman–Crippen LogP) is 2.54. The van der Waals surface area contributed by atoms with E-state index in [0.717, 1.165) is 17.3 Å². The molecule has 0 bridgehead atoms. The zero-order valence-corrected chi connectivity index (χ0v) is 12.3. The zero-order valence-electron chi connectivity index (χ0n) is 10.7. The normalized spacial score (nSPS) is 19.9. The van der Waals surface area contributed by atoms with Gasteiger partial charge in [-0.1, -0.05) is 35.8 Å². The molecule has 1 amide bonds. The van der Waals surface area contributed by atoms with Crippen molar-refractivity contribution in [3.8, 4) is 0 Å². The molecule has 0 spiro atoms. The summed E-state index contributed by atoms with van der Waals surface area (Å²) in [7, 11) is 0. The minimum Gasteiger partial charge on any atom is -0.368 e. The van der Waals surface area contributed by atoms with E-state index in [1.54, 1.807) is 0 Å². The minimum absolute atomic E-state index is 0.210. The van der Waals surface area contributed by atoms with Gasteiger partial charge in [-0.3, -0.25) is 10.1 Å². The maximum Gasteiger partial charge on any atom is 0.234 e. The van der Waals surface area contributed by atoms with Crippen LogP contribution in [0.15, 0.2) is 22.7 Å². The van der Waals surface area contributed by atoms with Gasteiger partial charge in [-0.25, -0.2) is 0 Å². The van der Waals surface area contributed by atoms with Gasteiger partial charge in [-0.2, -0.15) is 0 Å². The summed E-state index contributed by atoms with van der Waals surface area (Å²) in [5.74, 6) is -0.0578. The molecule has 98 valence electrons. The van der Waals surface area contributed by atoms with Gasteiger partial charge in [0.2, 0.25) is 5.91 Å². The van der Waals surface area contributed by atoms with Crippen molar-refractivity contribution in [3.63, 3.8) is 0 Å². The van der Waals surface area contributed by atoms with Crippen LogP contribution < -0.4 is 11.1 Å². The first-order valence-electron chi connectivity index (χ1n) is 6.32. The Bertz CT molecular complexity index is 459. The third-order valence-electron chi connectivity index (χ3n) is 3.54. The van der Waals surface area contributed by atoms with Crippen LogP contribution in [0.25, 0.3) is 0 Å². The third kappa shape index (κ3) is 2.75. The molecule has 0 aliphatic heterocycles. The molecule has 18 heavy (non-hydrogen) atoms. The van der Waals surface area contributed by atoms with E-state index < -0.39 is 0 Å². The number of benzene rings is 1. The smallest absolute Gasteiger partial charge is 0.234 e. The number of aryl methyl sites for hydroxylation is 1. The van der Waals surface area contributed by atoms with Crippen molar-refractivity contribution in [3.05, 3.63) is 33.8 Å². The molecular formula is C14H19BrN2O. The Hall–Kier alpha value is -0.870. The SMILES string of the molecule is CC(C)C(NC1CCc2cc(Br)ccc21)C(N)=O. The van der Waals surface area contributed by atoms with Crippen LogP contribution in [-0.2, 0) is 11.2 Å². The first-order chi connectivity index (χ1) is 8.49. The molecule has 0 aromatic heterocycles. The highest BCUT2D eigenvalue weighted by Gasteiger charge is 2.28. The molecule has 2 atom stereocenters. The lowest BCUT2D eigenvalue weighted by Crippen LogP contribution is -2.46. The number of carbonyl (C=O) groups excluding carboxylic acids is 1. The first kappa shape index (κ1) is 13.6. The Morgan fingerprint density at radius 3 is 2.83 bits per heavy atom. The fraction of sp³-hybridized carbons (Fsp3) is 0.500. The van der Waals surface area contributed by atoms with E-state index in [4.69, 9.17) is 5.73 Å².